The number of benzene rings is 1. The molecule has 3 amide bonds. The zero-order valence-corrected chi connectivity index (χ0v) is 15.3. The standard InChI is InChI=1S/C20H24N4O2/c1-13-16-5-3-4-6-17(16)22-14(2)18(13)19(25)23-10-7-15(8-11-23)24-12-9-21-20(24)26/h3-6,15H,7-12H2,1-2H3,(H,21,26). The molecule has 0 radical (unpaired) electrons. The van der Waals surface area contributed by atoms with Gasteiger partial charge in [-0.2, -0.15) is 0 Å². The third-order valence-corrected chi connectivity index (χ3v) is 5.63. The molecule has 3 heterocycles. The Hall–Kier alpha value is -2.63. The van der Waals surface area contributed by atoms with Crippen LogP contribution < -0.4 is 5.32 Å². The molecule has 4 rings (SSSR count). The number of amides is 3. The molecule has 1 aromatic heterocycles. The Morgan fingerprint density at radius 1 is 1.15 bits per heavy atom. The molecule has 0 atom stereocenters. The molecule has 136 valence electrons. The van der Waals surface area contributed by atoms with Crippen molar-refractivity contribution in [2.75, 3.05) is 26.2 Å². The first kappa shape index (κ1) is 16.8. The molecule has 6 nitrogen and oxygen atoms in total. The van der Waals surface area contributed by atoms with Gasteiger partial charge in [0, 0.05) is 37.6 Å². The number of nitrogens with one attached hydrogen (secondary N) is 1. The first-order valence-electron chi connectivity index (χ1n) is 9.26. The van der Waals surface area contributed by atoms with Gasteiger partial charge in [0.05, 0.1) is 16.8 Å². The molecule has 0 saturated carbocycles. The lowest BCUT2D eigenvalue weighted by atomic mass is 9.98. The van der Waals surface area contributed by atoms with Crippen molar-refractivity contribution < 1.29 is 9.59 Å². The normalized spacial score (nSPS) is 18.5. The molecule has 0 bridgehead atoms. The molecular formula is C20H24N4O2. The summed E-state index contributed by atoms with van der Waals surface area (Å²) in [6, 6.07) is 8.21. The Morgan fingerprint density at radius 2 is 1.88 bits per heavy atom. The maximum Gasteiger partial charge on any atom is 0.317 e. The van der Waals surface area contributed by atoms with Gasteiger partial charge < -0.3 is 15.1 Å². The number of urea groups is 1. The van der Waals surface area contributed by atoms with E-state index in [0.717, 1.165) is 53.7 Å². The average molecular weight is 352 g/mol. The molecule has 0 aliphatic carbocycles. The molecule has 0 spiro atoms. The van der Waals surface area contributed by atoms with E-state index in [9.17, 15) is 9.59 Å². The molecular weight excluding hydrogens is 328 g/mol. The summed E-state index contributed by atoms with van der Waals surface area (Å²) in [5, 5.41) is 3.89. The van der Waals surface area contributed by atoms with Crippen LogP contribution in [0.25, 0.3) is 10.9 Å². The summed E-state index contributed by atoms with van der Waals surface area (Å²) in [5.41, 5.74) is 3.44. The van der Waals surface area contributed by atoms with Crippen LogP contribution in [0.1, 0.15) is 34.5 Å². The number of para-hydroxylation sites is 1. The van der Waals surface area contributed by atoms with Crippen molar-refractivity contribution in [3.8, 4) is 0 Å². The number of rotatable bonds is 2. The lowest BCUT2D eigenvalue weighted by molar-refractivity contribution is 0.0664. The van der Waals surface area contributed by atoms with E-state index < -0.39 is 0 Å². The van der Waals surface area contributed by atoms with Crippen LogP contribution in [-0.4, -0.2) is 58.9 Å². The van der Waals surface area contributed by atoms with Crippen molar-refractivity contribution in [3.05, 3.63) is 41.1 Å². The van der Waals surface area contributed by atoms with Crippen LogP contribution in [0.15, 0.2) is 24.3 Å². The van der Waals surface area contributed by atoms with Gasteiger partial charge >= 0.3 is 6.03 Å². The second-order valence-electron chi connectivity index (χ2n) is 7.16. The summed E-state index contributed by atoms with van der Waals surface area (Å²) in [4.78, 5) is 33.5. The van der Waals surface area contributed by atoms with E-state index in [1.54, 1.807) is 0 Å². The lowest BCUT2D eigenvalue weighted by Crippen LogP contribution is -2.48. The third-order valence-electron chi connectivity index (χ3n) is 5.63. The van der Waals surface area contributed by atoms with Crippen molar-refractivity contribution in [1.29, 1.82) is 0 Å². The lowest BCUT2D eigenvalue weighted by Gasteiger charge is -2.36. The van der Waals surface area contributed by atoms with E-state index in [0.29, 0.717) is 13.1 Å². The van der Waals surface area contributed by atoms with Gasteiger partial charge in [-0.25, -0.2) is 4.79 Å². The van der Waals surface area contributed by atoms with Gasteiger partial charge in [0.2, 0.25) is 0 Å². The number of aryl methyl sites for hydroxylation is 2. The van der Waals surface area contributed by atoms with E-state index in [1.165, 1.54) is 0 Å². The van der Waals surface area contributed by atoms with Crippen LogP contribution in [0.5, 0.6) is 0 Å². The molecule has 2 aliphatic heterocycles. The third kappa shape index (κ3) is 2.79. The number of hydrogen-bond acceptors (Lipinski definition) is 3. The number of pyridine rings is 1. The van der Waals surface area contributed by atoms with Gasteiger partial charge in [0.15, 0.2) is 0 Å². The molecule has 0 unspecified atom stereocenters. The number of piperidine rings is 1. The average Bonchev–Trinajstić information content (AvgIpc) is 3.08. The number of fused-ring (bicyclic) bond motifs is 1. The fourth-order valence-electron chi connectivity index (χ4n) is 4.22. The van der Waals surface area contributed by atoms with Gasteiger partial charge in [-0.05, 0) is 38.3 Å². The zero-order chi connectivity index (χ0) is 18.3. The Bertz CT molecular complexity index is 871. The smallest absolute Gasteiger partial charge is 0.317 e. The van der Waals surface area contributed by atoms with Crippen LogP contribution in [0.2, 0.25) is 0 Å². The van der Waals surface area contributed by atoms with Gasteiger partial charge in [-0.15, -0.1) is 0 Å². The predicted molar refractivity (Wildman–Crippen MR) is 100 cm³/mol. The van der Waals surface area contributed by atoms with E-state index >= 15 is 0 Å². The predicted octanol–water partition coefficient (Wildman–Crippen LogP) is 2.48. The van der Waals surface area contributed by atoms with Crippen molar-refractivity contribution in [3.63, 3.8) is 0 Å². The summed E-state index contributed by atoms with van der Waals surface area (Å²) in [5.74, 6) is 0.0579. The van der Waals surface area contributed by atoms with Crippen LogP contribution in [0, 0.1) is 13.8 Å². The first-order chi connectivity index (χ1) is 12.6. The minimum Gasteiger partial charge on any atom is -0.338 e. The number of likely N-dealkylation sites (tertiary alicyclic amines) is 1. The summed E-state index contributed by atoms with van der Waals surface area (Å²) in [6.45, 7) is 6.76. The largest absolute Gasteiger partial charge is 0.338 e. The second kappa shape index (κ2) is 6.59. The number of aromatic nitrogens is 1. The van der Waals surface area contributed by atoms with Crippen LogP contribution >= 0.6 is 0 Å². The highest BCUT2D eigenvalue weighted by molar-refractivity contribution is 6.01. The summed E-state index contributed by atoms with van der Waals surface area (Å²) >= 11 is 0. The Morgan fingerprint density at radius 3 is 2.58 bits per heavy atom. The minimum atomic E-state index is 0.0280. The number of nitrogens with zero attached hydrogens (tertiary/aromatic N) is 3. The fraction of sp³-hybridized carbons (Fsp3) is 0.450. The molecule has 2 aromatic rings. The minimum absolute atomic E-state index is 0.0280. The molecule has 2 aliphatic rings. The molecule has 2 fully saturated rings. The molecule has 6 heteroatoms. The monoisotopic (exact) mass is 352 g/mol. The highest BCUT2D eigenvalue weighted by atomic mass is 16.2. The summed E-state index contributed by atoms with van der Waals surface area (Å²) in [6.07, 6.45) is 1.66. The van der Waals surface area contributed by atoms with Crippen molar-refractivity contribution in [2.24, 2.45) is 0 Å². The molecule has 26 heavy (non-hydrogen) atoms. The number of carbonyl (C=O) groups is 2. The Labute approximate surface area is 153 Å². The van der Waals surface area contributed by atoms with Gasteiger partial charge in [-0.3, -0.25) is 9.78 Å². The van der Waals surface area contributed by atoms with Crippen molar-refractivity contribution in [1.82, 2.24) is 20.1 Å². The van der Waals surface area contributed by atoms with E-state index in [1.807, 2.05) is 47.9 Å². The Balaban J connectivity index is 1.54. The van der Waals surface area contributed by atoms with Crippen LogP contribution in [-0.2, 0) is 0 Å². The Kier molecular flexibility index (Phi) is 4.26. The van der Waals surface area contributed by atoms with Crippen molar-refractivity contribution in [2.45, 2.75) is 32.7 Å². The highest BCUT2D eigenvalue weighted by Gasteiger charge is 2.33. The maximum atomic E-state index is 13.2. The molecule has 1 aromatic carbocycles. The van der Waals surface area contributed by atoms with Gasteiger partial charge in [0.25, 0.3) is 5.91 Å². The summed E-state index contributed by atoms with van der Waals surface area (Å²) in [7, 11) is 0. The van der Waals surface area contributed by atoms with Crippen LogP contribution in [0.3, 0.4) is 0 Å². The van der Waals surface area contributed by atoms with Crippen LogP contribution in [0.4, 0.5) is 4.79 Å². The molecule has 1 N–H and O–H groups in total. The highest BCUT2D eigenvalue weighted by Crippen LogP contribution is 2.26. The fourth-order valence-corrected chi connectivity index (χ4v) is 4.22. The maximum absolute atomic E-state index is 13.2. The zero-order valence-electron chi connectivity index (χ0n) is 15.3. The number of hydrogen-bond donors (Lipinski definition) is 1. The van der Waals surface area contributed by atoms with Crippen molar-refractivity contribution >= 4 is 22.8 Å². The van der Waals surface area contributed by atoms with E-state index in [-0.39, 0.29) is 18.0 Å². The quantitative estimate of drug-likeness (QED) is 0.903. The topological polar surface area (TPSA) is 65.5 Å². The van der Waals surface area contributed by atoms with Gasteiger partial charge in [-0.1, -0.05) is 18.2 Å². The second-order valence-corrected chi connectivity index (χ2v) is 7.16. The van der Waals surface area contributed by atoms with Gasteiger partial charge in [0.1, 0.15) is 0 Å². The summed E-state index contributed by atoms with van der Waals surface area (Å²) < 4.78 is 0. The number of carbonyl (C=O) groups excluding carboxylic acids is 2. The first-order valence-corrected chi connectivity index (χ1v) is 9.26. The van der Waals surface area contributed by atoms with E-state index in [2.05, 4.69) is 10.3 Å². The molecule has 2 saturated heterocycles. The van der Waals surface area contributed by atoms with E-state index in [4.69, 9.17) is 0 Å². The SMILES string of the molecule is Cc1nc2ccccc2c(C)c1C(=O)N1CCC(N2CCNC2=O)CC1.